The summed E-state index contributed by atoms with van der Waals surface area (Å²) in [6, 6.07) is -0.230. The lowest BCUT2D eigenvalue weighted by molar-refractivity contribution is 0.224. The predicted octanol–water partition coefficient (Wildman–Crippen LogP) is 0.842. The minimum Gasteiger partial charge on any atom is -0.496 e. The number of hydrogen-bond donors (Lipinski definition) is 1. The van der Waals surface area contributed by atoms with Crippen LogP contribution in [0.2, 0.25) is 0 Å². The van der Waals surface area contributed by atoms with Crippen LogP contribution in [0, 0.1) is 0 Å². The van der Waals surface area contributed by atoms with Gasteiger partial charge in [0.1, 0.15) is 11.8 Å². The van der Waals surface area contributed by atoms with E-state index in [-0.39, 0.29) is 6.04 Å². The van der Waals surface area contributed by atoms with E-state index in [4.69, 9.17) is 10.5 Å². The van der Waals surface area contributed by atoms with Crippen LogP contribution in [-0.2, 0) is 4.74 Å². The van der Waals surface area contributed by atoms with Crippen LogP contribution in [0.25, 0.3) is 0 Å². The molecule has 0 spiro atoms. The fraction of sp³-hybridized carbons (Fsp3) is 0.429. The molecular weight excluding hydrogens is 174 g/mol. The molecule has 0 saturated carbocycles. The number of rotatable bonds is 2. The normalized spacial score (nSPS) is 18.6. The van der Waals surface area contributed by atoms with Gasteiger partial charge in [-0.3, -0.25) is 0 Å². The summed E-state index contributed by atoms with van der Waals surface area (Å²) < 4.78 is 13.2. The summed E-state index contributed by atoms with van der Waals surface area (Å²) in [5.74, 6) is 0.822. The summed E-state index contributed by atoms with van der Waals surface area (Å²) in [5, 5.41) is 0. The molecule has 1 aliphatic heterocycles. The van der Waals surface area contributed by atoms with Gasteiger partial charge in [-0.25, -0.2) is 0 Å². The van der Waals surface area contributed by atoms with Crippen LogP contribution in [0.5, 0.6) is 0 Å². The van der Waals surface area contributed by atoms with E-state index in [2.05, 4.69) is 8.75 Å². The highest BCUT2D eigenvalue weighted by atomic mass is 32.1. The van der Waals surface area contributed by atoms with E-state index < -0.39 is 0 Å². The van der Waals surface area contributed by atoms with Crippen LogP contribution < -0.4 is 5.73 Å². The predicted molar refractivity (Wildman–Crippen MR) is 45.5 cm³/mol. The largest absolute Gasteiger partial charge is 0.496 e. The van der Waals surface area contributed by atoms with Gasteiger partial charge in [-0.15, -0.1) is 0 Å². The quantitative estimate of drug-likeness (QED) is 0.738. The lowest BCUT2D eigenvalue weighted by Crippen LogP contribution is -2.13. The number of ether oxygens (including phenoxy) is 1. The van der Waals surface area contributed by atoms with Crippen molar-refractivity contribution >= 4 is 11.7 Å². The SMILES string of the molecule is NC(C1=CCCO1)c1cnsn1. The summed E-state index contributed by atoms with van der Waals surface area (Å²) in [4.78, 5) is 0. The number of nitrogens with two attached hydrogens (primary N) is 1. The van der Waals surface area contributed by atoms with Crippen molar-refractivity contribution in [3.05, 3.63) is 23.7 Å². The van der Waals surface area contributed by atoms with Gasteiger partial charge in [0.15, 0.2) is 0 Å². The molecule has 64 valence electrons. The zero-order valence-electron chi connectivity index (χ0n) is 6.43. The first kappa shape index (κ1) is 7.70. The molecule has 12 heavy (non-hydrogen) atoms. The number of hydrogen-bond acceptors (Lipinski definition) is 5. The summed E-state index contributed by atoms with van der Waals surface area (Å²) in [6.07, 6.45) is 4.63. The Bertz CT molecular complexity index is 283. The van der Waals surface area contributed by atoms with E-state index >= 15 is 0 Å². The first-order valence-electron chi connectivity index (χ1n) is 3.74. The van der Waals surface area contributed by atoms with Crippen LogP contribution >= 0.6 is 11.7 Å². The van der Waals surface area contributed by atoms with Gasteiger partial charge < -0.3 is 10.5 Å². The van der Waals surface area contributed by atoms with E-state index in [1.54, 1.807) is 6.20 Å². The first-order chi connectivity index (χ1) is 5.88. The standard InChI is InChI=1S/C7H9N3OS/c8-7(5-4-9-12-10-5)6-2-1-3-11-6/h2,4,7H,1,3,8H2. The van der Waals surface area contributed by atoms with Crippen molar-refractivity contribution < 1.29 is 4.74 Å². The molecule has 5 heteroatoms. The Kier molecular flexibility index (Phi) is 2.05. The van der Waals surface area contributed by atoms with E-state index in [0.29, 0.717) is 0 Å². The van der Waals surface area contributed by atoms with Gasteiger partial charge >= 0.3 is 0 Å². The average molecular weight is 183 g/mol. The maximum Gasteiger partial charge on any atom is 0.115 e. The van der Waals surface area contributed by atoms with E-state index in [9.17, 15) is 0 Å². The number of aromatic nitrogens is 2. The Balaban J connectivity index is 2.14. The Morgan fingerprint density at radius 3 is 3.17 bits per heavy atom. The molecule has 1 aromatic rings. The number of nitrogens with zero attached hydrogens (tertiary/aromatic N) is 2. The summed E-state index contributed by atoms with van der Waals surface area (Å²) in [7, 11) is 0. The van der Waals surface area contributed by atoms with Crippen molar-refractivity contribution in [1.29, 1.82) is 0 Å². The summed E-state index contributed by atoms with van der Waals surface area (Å²) in [6.45, 7) is 0.737. The third kappa shape index (κ3) is 1.33. The van der Waals surface area contributed by atoms with Gasteiger partial charge in [-0.2, -0.15) is 8.75 Å². The van der Waals surface area contributed by atoms with Gasteiger partial charge in [-0.05, 0) is 6.08 Å². The first-order valence-corrected chi connectivity index (χ1v) is 4.47. The molecule has 0 saturated heterocycles. The molecule has 4 nitrogen and oxygen atoms in total. The smallest absolute Gasteiger partial charge is 0.115 e. The minimum atomic E-state index is -0.230. The fourth-order valence-electron chi connectivity index (χ4n) is 1.11. The molecule has 2 rings (SSSR count). The van der Waals surface area contributed by atoms with E-state index in [0.717, 1.165) is 36.2 Å². The molecule has 0 radical (unpaired) electrons. The van der Waals surface area contributed by atoms with Gasteiger partial charge in [0.25, 0.3) is 0 Å². The third-order valence-electron chi connectivity index (χ3n) is 1.74. The lowest BCUT2D eigenvalue weighted by Gasteiger charge is -2.09. The minimum absolute atomic E-state index is 0.230. The molecule has 1 unspecified atom stereocenters. The van der Waals surface area contributed by atoms with Crippen LogP contribution in [0.3, 0.4) is 0 Å². The van der Waals surface area contributed by atoms with Crippen molar-refractivity contribution in [2.24, 2.45) is 5.73 Å². The van der Waals surface area contributed by atoms with Gasteiger partial charge in [0.2, 0.25) is 0 Å². The molecule has 0 aliphatic carbocycles. The second kappa shape index (κ2) is 3.20. The Labute approximate surface area is 74.4 Å². The molecule has 1 atom stereocenters. The second-order valence-electron chi connectivity index (χ2n) is 2.55. The maximum absolute atomic E-state index is 5.86. The molecular formula is C7H9N3OS. The molecule has 0 amide bonds. The van der Waals surface area contributed by atoms with Crippen molar-refractivity contribution in [3.8, 4) is 0 Å². The van der Waals surface area contributed by atoms with Gasteiger partial charge in [0.05, 0.1) is 30.2 Å². The van der Waals surface area contributed by atoms with Crippen LogP contribution in [0.4, 0.5) is 0 Å². The summed E-state index contributed by atoms with van der Waals surface area (Å²) in [5.41, 5.74) is 6.64. The van der Waals surface area contributed by atoms with Crippen LogP contribution in [-0.4, -0.2) is 15.4 Å². The van der Waals surface area contributed by atoms with Crippen LogP contribution in [0.1, 0.15) is 18.2 Å². The Morgan fingerprint density at radius 1 is 1.67 bits per heavy atom. The van der Waals surface area contributed by atoms with Crippen molar-refractivity contribution in [2.45, 2.75) is 12.5 Å². The molecule has 0 aromatic carbocycles. The third-order valence-corrected chi connectivity index (χ3v) is 2.23. The maximum atomic E-state index is 5.86. The van der Waals surface area contributed by atoms with E-state index in [1.807, 2.05) is 6.08 Å². The highest BCUT2D eigenvalue weighted by molar-refractivity contribution is 6.99. The average Bonchev–Trinajstić information content (AvgIpc) is 2.77. The highest BCUT2D eigenvalue weighted by Gasteiger charge is 2.18. The fourth-order valence-corrected chi connectivity index (χ4v) is 1.57. The van der Waals surface area contributed by atoms with Crippen molar-refractivity contribution in [1.82, 2.24) is 8.75 Å². The highest BCUT2D eigenvalue weighted by Crippen LogP contribution is 2.22. The zero-order chi connectivity index (χ0) is 8.39. The van der Waals surface area contributed by atoms with Gasteiger partial charge in [-0.1, -0.05) is 0 Å². The van der Waals surface area contributed by atoms with Gasteiger partial charge in [0, 0.05) is 6.42 Å². The topological polar surface area (TPSA) is 61.0 Å². The molecule has 1 aliphatic rings. The zero-order valence-corrected chi connectivity index (χ0v) is 7.25. The monoisotopic (exact) mass is 183 g/mol. The summed E-state index contributed by atoms with van der Waals surface area (Å²) >= 11 is 1.16. The molecule has 0 fully saturated rings. The Morgan fingerprint density at radius 2 is 2.58 bits per heavy atom. The second-order valence-corrected chi connectivity index (χ2v) is 3.11. The van der Waals surface area contributed by atoms with Crippen molar-refractivity contribution in [3.63, 3.8) is 0 Å². The Hall–Kier alpha value is -0.940. The van der Waals surface area contributed by atoms with Crippen LogP contribution in [0.15, 0.2) is 18.0 Å². The molecule has 1 aromatic heterocycles. The van der Waals surface area contributed by atoms with E-state index in [1.165, 1.54) is 0 Å². The molecule has 2 N–H and O–H groups in total. The molecule has 2 heterocycles. The van der Waals surface area contributed by atoms with Crippen molar-refractivity contribution in [2.75, 3.05) is 6.61 Å². The lowest BCUT2D eigenvalue weighted by atomic mass is 10.2. The molecule has 0 bridgehead atoms.